The van der Waals surface area contributed by atoms with E-state index in [9.17, 15) is 28.1 Å². The molecule has 2 aromatic rings. The number of nitro groups is 1. The topological polar surface area (TPSA) is 127 Å². The van der Waals surface area contributed by atoms with Crippen LogP contribution in [0.25, 0.3) is 0 Å². The number of non-ortho nitro benzene ring substituents is 1. The fraction of sp³-hybridized carbons (Fsp3) is 0.217. The van der Waals surface area contributed by atoms with Gasteiger partial charge in [-0.1, -0.05) is 42.5 Å². The van der Waals surface area contributed by atoms with E-state index >= 15 is 0 Å². The lowest BCUT2D eigenvalue weighted by molar-refractivity contribution is -0.385. The molecule has 176 valence electrons. The first-order valence-corrected chi connectivity index (χ1v) is 11.8. The second-order valence-electron chi connectivity index (χ2n) is 7.71. The molecule has 1 saturated heterocycles. The van der Waals surface area contributed by atoms with Gasteiger partial charge in [-0.3, -0.25) is 19.8 Å². The molecule has 0 saturated carbocycles. The average Bonchev–Trinajstić information content (AvgIpc) is 3.36. The van der Waals surface area contributed by atoms with Gasteiger partial charge in [-0.15, -0.1) is 6.58 Å². The fourth-order valence-electron chi connectivity index (χ4n) is 4.14. The molecule has 0 N–H and O–H groups in total. The normalized spacial score (nSPS) is 17.6. The number of allylic oxidation sites excluding steroid dienone is 1. The second-order valence-corrected chi connectivity index (χ2v) is 9.53. The van der Waals surface area contributed by atoms with E-state index in [2.05, 4.69) is 6.58 Å². The zero-order valence-corrected chi connectivity index (χ0v) is 18.8. The van der Waals surface area contributed by atoms with E-state index in [1.54, 1.807) is 12.1 Å². The molecule has 4 rings (SSSR count). The molecule has 2 heterocycles. The van der Waals surface area contributed by atoms with Crippen LogP contribution >= 0.6 is 0 Å². The van der Waals surface area contributed by atoms with Crippen LogP contribution in [-0.2, 0) is 26.2 Å². The Kier molecular flexibility index (Phi) is 6.20. The van der Waals surface area contributed by atoms with Crippen LogP contribution in [0, 0.1) is 10.1 Å². The Labute approximate surface area is 195 Å². The summed E-state index contributed by atoms with van der Waals surface area (Å²) in [6.07, 6.45) is 0.988. The highest BCUT2D eigenvalue weighted by atomic mass is 32.2. The summed E-state index contributed by atoms with van der Waals surface area (Å²) in [7, 11) is -4.43. The number of rotatable bonds is 7. The van der Waals surface area contributed by atoms with Gasteiger partial charge in [-0.25, -0.2) is 17.5 Å². The number of nitrogens with zero attached hydrogens (tertiary/aromatic N) is 3. The van der Waals surface area contributed by atoms with Gasteiger partial charge in [0.1, 0.15) is 6.61 Å². The van der Waals surface area contributed by atoms with Gasteiger partial charge in [0.15, 0.2) is 0 Å². The molecule has 0 bridgehead atoms. The van der Waals surface area contributed by atoms with E-state index in [0.717, 1.165) is 17.7 Å². The monoisotopic (exact) mass is 483 g/mol. The standard InChI is InChI=1S/C23H21N3O7S/c1-2-7-19-21-20(12-13-24(21)23(28)33-15-16-8-4-3-5-9-16)25(22(19)27)34(31,32)18-11-6-10-17(14-18)26(29)30/h2-6,8-11,14,20H,1,7,12-13,15H2/t20-/m0/s1. The van der Waals surface area contributed by atoms with Crippen LogP contribution in [-0.4, -0.2) is 47.1 Å². The summed E-state index contributed by atoms with van der Waals surface area (Å²) in [4.78, 5) is 37.4. The van der Waals surface area contributed by atoms with E-state index in [1.165, 1.54) is 23.1 Å². The van der Waals surface area contributed by atoms with Gasteiger partial charge in [-0.2, -0.15) is 0 Å². The third-order valence-corrected chi connectivity index (χ3v) is 7.43. The predicted octanol–water partition coefficient (Wildman–Crippen LogP) is 3.37. The Hall–Kier alpha value is -3.99. The number of carbonyl (C=O) groups excluding carboxylic acids is 2. The molecule has 10 nitrogen and oxygen atoms in total. The molecule has 0 radical (unpaired) electrons. The summed E-state index contributed by atoms with van der Waals surface area (Å²) in [6, 6.07) is 12.7. The number of sulfonamides is 1. The largest absolute Gasteiger partial charge is 0.444 e. The van der Waals surface area contributed by atoms with E-state index in [0.29, 0.717) is 4.31 Å². The second kappa shape index (κ2) is 9.10. The highest BCUT2D eigenvalue weighted by molar-refractivity contribution is 7.89. The Morgan fingerprint density at radius 3 is 2.62 bits per heavy atom. The molecule has 1 atom stereocenters. The zero-order valence-electron chi connectivity index (χ0n) is 18.0. The zero-order chi connectivity index (χ0) is 24.5. The Morgan fingerprint density at radius 2 is 1.94 bits per heavy atom. The minimum absolute atomic E-state index is 0.0224. The van der Waals surface area contributed by atoms with Gasteiger partial charge in [0.2, 0.25) is 0 Å². The van der Waals surface area contributed by atoms with Crippen molar-refractivity contribution >= 4 is 27.7 Å². The summed E-state index contributed by atoms with van der Waals surface area (Å²) in [5.74, 6) is -0.785. The van der Waals surface area contributed by atoms with Crippen molar-refractivity contribution in [1.29, 1.82) is 0 Å². The molecular weight excluding hydrogens is 462 g/mol. The van der Waals surface area contributed by atoms with E-state index in [4.69, 9.17) is 4.74 Å². The number of carbonyl (C=O) groups is 2. The molecule has 0 aliphatic carbocycles. The molecule has 0 unspecified atom stereocenters. The van der Waals surface area contributed by atoms with Crippen molar-refractivity contribution in [3.63, 3.8) is 0 Å². The number of fused-ring (bicyclic) bond motifs is 1. The van der Waals surface area contributed by atoms with Crippen LogP contribution in [0.4, 0.5) is 10.5 Å². The molecule has 11 heteroatoms. The first-order chi connectivity index (χ1) is 16.3. The van der Waals surface area contributed by atoms with Crippen LogP contribution in [0.1, 0.15) is 18.4 Å². The number of benzene rings is 2. The van der Waals surface area contributed by atoms with Crippen molar-refractivity contribution in [3.8, 4) is 0 Å². The Bertz CT molecular complexity index is 1300. The number of hydrogen-bond donors (Lipinski definition) is 0. The number of ether oxygens (including phenoxy) is 1. The lowest BCUT2D eigenvalue weighted by atomic mass is 10.1. The van der Waals surface area contributed by atoms with Gasteiger partial charge in [0, 0.05) is 24.3 Å². The maximum atomic E-state index is 13.4. The first-order valence-electron chi connectivity index (χ1n) is 10.4. The summed E-state index contributed by atoms with van der Waals surface area (Å²) in [5, 5.41) is 11.1. The van der Waals surface area contributed by atoms with E-state index in [-0.39, 0.29) is 42.2 Å². The SMILES string of the molecule is C=CCC1=C2[C@H](CCN2C(=O)OCc2ccccc2)N(S(=O)(=O)c2cccc([N+](=O)[O-])c2)C1=O. The molecule has 2 amide bonds. The van der Waals surface area contributed by atoms with Gasteiger partial charge < -0.3 is 4.74 Å². The lowest BCUT2D eigenvalue weighted by Gasteiger charge is -2.23. The average molecular weight is 484 g/mol. The van der Waals surface area contributed by atoms with Crippen molar-refractivity contribution in [2.45, 2.75) is 30.4 Å². The molecule has 1 fully saturated rings. The summed E-state index contributed by atoms with van der Waals surface area (Å²) < 4.78 is 32.9. The Morgan fingerprint density at radius 1 is 1.21 bits per heavy atom. The maximum absolute atomic E-state index is 13.4. The third kappa shape index (κ3) is 4.05. The molecule has 0 spiro atoms. The third-order valence-electron chi connectivity index (χ3n) is 5.64. The van der Waals surface area contributed by atoms with Crippen molar-refractivity contribution in [2.24, 2.45) is 0 Å². The van der Waals surface area contributed by atoms with Gasteiger partial charge in [0.05, 0.1) is 21.6 Å². The van der Waals surface area contributed by atoms with Crippen molar-refractivity contribution in [1.82, 2.24) is 9.21 Å². The minimum Gasteiger partial charge on any atom is -0.444 e. The highest BCUT2D eigenvalue weighted by Gasteiger charge is 2.52. The number of amides is 2. The molecule has 2 aromatic carbocycles. The summed E-state index contributed by atoms with van der Waals surface area (Å²) in [6.45, 7) is 3.81. The number of nitro benzene ring substituents is 1. The van der Waals surface area contributed by atoms with Gasteiger partial charge in [0.25, 0.3) is 21.6 Å². The molecule has 34 heavy (non-hydrogen) atoms. The quantitative estimate of drug-likeness (QED) is 0.336. The minimum atomic E-state index is -4.43. The smallest absolute Gasteiger partial charge is 0.414 e. The number of likely N-dealkylation sites (tertiary alicyclic amines) is 1. The summed E-state index contributed by atoms with van der Waals surface area (Å²) in [5.41, 5.74) is 0.758. The van der Waals surface area contributed by atoms with E-state index in [1.807, 2.05) is 18.2 Å². The van der Waals surface area contributed by atoms with Crippen LogP contribution in [0.2, 0.25) is 0 Å². The first kappa shape index (κ1) is 23.2. The maximum Gasteiger partial charge on any atom is 0.414 e. The van der Waals surface area contributed by atoms with Gasteiger partial charge in [-0.05, 0) is 24.5 Å². The molecular formula is C23H21N3O7S. The highest BCUT2D eigenvalue weighted by Crippen LogP contribution is 2.41. The van der Waals surface area contributed by atoms with E-state index < -0.39 is 38.7 Å². The van der Waals surface area contributed by atoms with Crippen molar-refractivity contribution in [3.05, 3.63) is 94.2 Å². The predicted molar refractivity (Wildman–Crippen MR) is 121 cm³/mol. The molecule has 0 aromatic heterocycles. The van der Waals surface area contributed by atoms with Crippen LogP contribution < -0.4 is 0 Å². The summed E-state index contributed by atoms with van der Waals surface area (Å²) >= 11 is 0. The fourth-order valence-corrected chi connectivity index (χ4v) is 5.75. The Balaban J connectivity index is 1.64. The van der Waals surface area contributed by atoms with Gasteiger partial charge >= 0.3 is 6.09 Å². The lowest BCUT2D eigenvalue weighted by Crippen LogP contribution is -2.40. The van der Waals surface area contributed by atoms with Crippen molar-refractivity contribution in [2.75, 3.05) is 6.54 Å². The molecule has 2 aliphatic heterocycles. The van der Waals surface area contributed by atoms with Crippen LogP contribution in [0.5, 0.6) is 0 Å². The number of hydrogen-bond acceptors (Lipinski definition) is 7. The molecule has 2 aliphatic rings. The van der Waals surface area contributed by atoms with Crippen LogP contribution in [0.3, 0.4) is 0 Å². The van der Waals surface area contributed by atoms with Crippen LogP contribution in [0.15, 0.2) is 83.4 Å². The van der Waals surface area contributed by atoms with Crippen molar-refractivity contribution < 1.29 is 27.7 Å².